The van der Waals surface area contributed by atoms with Crippen molar-refractivity contribution >= 4 is 17.7 Å². The van der Waals surface area contributed by atoms with Crippen LogP contribution >= 0.6 is 0 Å². The van der Waals surface area contributed by atoms with Gasteiger partial charge in [0.1, 0.15) is 0 Å². The van der Waals surface area contributed by atoms with E-state index in [2.05, 4.69) is 0 Å². The lowest BCUT2D eigenvalue weighted by Crippen LogP contribution is -2.50. The first-order valence-corrected chi connectivity index (χ1v) is 8.81. The number of hydrogen-bond donors (Lipinski definition) is 0. The van der Waals surface area contributed by atoms with Crippen molar-refractivity contribution in [3.05, 3.63) is 0 Å². The van der Waals surface area contributed by atoms with Crippen LogP contribution < -0.4 is 0 Å². The van der Waals surface area contributed by atoms with Crippen LogP contribution in [0.1, 0.15) is 20.8 Å². The van der Waals surface area contributed by atoms with Crippen LogP contribution in [0.25, 0.3) is 0 Å². The van der Waals surface area contributed by atoms with Gasteiger partial charge in [-0.25, -0.2) is 0 Å². The van der Waals surface area contributed by atoms with E-state index in [1.807, 2.05) is 20.8 Å². The summed E-state index contributed by atoms with van der Waals surface area (Å²) in [6.45, 7) is 6.85. The lowest BCUT2D eigenvalue weighted by molar-refractivity contribution is 0.0912. The first-order valence-electron chi connectivity index (χ1n) is 4.22. The molecule has 0 saturated heterocycles. The largest absolute Gasteiger partial charge is 0.502 e. The molecule has 0 radical (unpaired) electrons. The van der Waals surface area contributed by atoms with Gasteiger partial charge in [0.2, 0.25) is 0 Å². The summed E-state index contributed by atoms with van der Waals surface area (Å²) in [5.74, 6) is 0. The molecule has 0 bridgehead atoms. The topological polar surface area (TPSA) is 27.7 Å². The molecule has 0 saturated carbocycles. The second-order valence-electron chi connectivity index (χ2n) is 2.12. The van der Waals surface area contributed by atoms with Gasteiger partial charge in [0.15, 0.2) is 0 Å². The zero-order valence-corrected chi connectivity index (χ0v) is 10.3. The van der Waals surface area contributed by atoms with Gasteiger partial charge in [-0.15, -0.1) is 0 Å². The summed E-state index contributed by atoms with van der Waals surface area (Å²) in [7, 11) is -4.64. The van der Waals surface area contributed by atoms with Crippen molar-refractivity contribution in [2.45, 2.75) is 20.8 Å². The van der Waals surface area contributed by atoms with Gasteiger partial charge in [-0.2, -0.15) is 0 Å². The molecule has 0 N–H and O–H groups in total. The fraction of sp³-hybridized carbons (Fsp3) is 1.00. The molecule has 0 aromatic heterocycles. The molecule has 6 heteroatoms. The molecule has 0 atom stereocenters. The Morgan fingerprint density at radius 2 is 1.33 bits per heavy atom. The predicted molar refractivity (Wildman–Crippen MR) is 50.3 cm³/mol. The molecule has 74 valence electrons. The highest BCUT2D eigenvalue weighted by atomic mass is 29.3. The summed E-state index contributed by atoms with van der Waals surface area (Å²) in [5.41, 5.74) is 0. The van der Waals surface area contributed by atoms with E-state index < -0.39 is 17.7 Å². The van der Waals surface area contributed by atoms with E-state index in [0.29, 0.717) is 19.8 Å². The van der Waals surface area contributed by atoms with Gasteiger partial charge in [0.25, 0.3) is 0 Å². The minimum Gasteiger partial charge on any atom is -0.375 e. The molecule has 0 fully saturated rings. The maximum Gasteiger partial charge on any atom is 0.502 e. The lowest BCUT2D eigenvalue weighted by Gasteiger charge is -2.25. The van der Waals surface area contributed by atoms with E-state index in [1.54, 1.807) is 0 Å². The molecule has 3 nitrogen and oxygen atoms in total. The van der Waals surface area contributed by atoms with Crippen LogP contribution in [-0.4, -0.2) is 37.5 Å². The quantitative estimate of drug-likeness (QED) is 0.456. The zero-order chi connectivity index (χ0) is 9.45. The Labute approximate surface area is 76.4 Å². The van der Waals surface area contributed by atoms with Crippen molar-refractivity contribution in [1.29, 1.82) is 0 Å². The smallest absolute Gasteiger partial charge is 0.375 e. The van der Waals surface area contributed by atoms with Gasteiger partial charge >= 0.3 is 17.7 Å². The highest BCUT2D eigenvalue weighted by Crippen LogP contribution is 2.08. The summed E-state index contributed by atoms with van der Waals surface area (Å²) < 4.78 is 28.4. The maximum absolute atomic E-state index is 12.7. The van der Waals surface area contributed by atoms with Gasteiger partial charge in [-0.1, -0.05) is 0 Å². The molecular formula is C6H17FO3Si2. The predicted octanol–water partition coefficient (Wildman–Crippen LogP) is 0.585. The third-order valence-corrected chi connectivity index (χ3v) is 6.59. The minimum atomic E-state index is -2.80. The van der Waals surface area contributed by atoms with Gasteiger partial charge < -0.3 is 17.4 Å². The molecule has 0 aromatic carbocycles. The molecular weight excluding hydrogens is 195 g/mol. The molecule has 0 aliphatic heterocycles. The summed E-state index contributed by atoms with van der Waals surface area (Å²) in [6, 6.07) is 0. The Hall–Kier alpha value is 0.244. The third-order valence-electron chi connectivity index (χ3n) is 1.26. The van der Waals surface area contributed by atoms with E-state index >= 15 is 0 Å². The minimum absolute atomic E-state index is 0.461. The monoisotopic (exact) mass is 212 g/mol. The van der Waals surface area contributed by atoms with Crippen LogP contribution in [0.5, 0.6) is 0 Å². The van der Waals surface area contributed by atoms with Gasteiger partial charge in [-0.3, -0.25) is 0 Å². The molecule has 0 aromatic rings. The van der Waals surface area contributed by atoms with Crippen molar-refractivity contribution in [3.63, 3.8) is 0 Å². The van der Waals surface area contributed by atoms with Crippen LogP contribution in [-0.2, 0) is 13.3 Å². The highest BCUT2D eigenvalue weighted by molar-refractivity contribution is 7.11. The molecule has 12 heavy (non-hydrogen) atoms. The molecule has 0 rings (SSSR count). The van der Waals surface area contributed by atoms with Crippen LogP contribution in [0, 0.1) is 0 Å². The summed E-state index contributed by atoms with van der Waals surface area (Å²) in [6.07, 6.45) is 0. The fourth-order valence-electron chi connectivity index (χ4n) is 0.900. The Kier molecular flexibility index (Phi) is 6.86. The van der Waals surface area contributed by atoms with Gasteiger partial charge in [0.05, 0.1) is 0 Å². The van der Waals surface area contributed by atoms with Crippen molar-refractivity contribution in [2.75, 3.05) is 19.8 Å². The van der Waals surface area contributed by atoms with E-state index in [-0.39, 0.29) is 0 Å². The first-order chi connectivity index (χ1) is 5.74. The van der Waals surface area contributed by atoms with Crippen LogP contribution in [0.3, 0.4) is 0 Å². The molecule has 0 aliphatic rings. The second kappa shape index (κ2) is 6.73. The van der Waals surface area contributed by atoms with Crippen LogP contribution in [0.4, 0.5) is 4.11 Å². The lowest BCUT2D eigenvalue weighted by atomic mass is 10.9. The molecule has 0 aliphatic carbocycles. The van der Waals surface area contributed by atoms with Crippen molar-refractivity contribution in [1.82, 2.24) is 0 Å². The Morgan fingerprint density at radius 3 is 1.50 bits per heavy atom. The SMILES string of the molecule is CCO[Si](OCC)(OCC)[SiH2]F. The van der Waals surface area contributed by atoms with Crippen molar-refractivity contribution in [2.24, 2.45) is 0 Å². The van der Waals surface area contributed by atoms with E-state index in [4.69, 9.17) is 13.3 Å². The third kappa shape index (κ3) is 3.77. The Bertz CT molecular complexity index is 97.9. The van der Waals surface area contributed by atoms with Crippen molar-refractivity contribution < 1.29 is 17.4 Å². The summed E-state index contributed by atoms with van der Waals surface area (Å²) in [5, 5.41) is 0. The number of rotatable bonds is 7. The fourth-order valence-corrected chi connectivity index (χ4v) is 5.23. The van der Waals surface area contributed by atoms with Gasteiger partial charge in [0, 0.05) is 19.8 Å². The first kappa shape index (κ1) is 12.2. The highest BCUT2D eigenvalue weighted by Gasteiger charge is 2.41. The van der Waals surface area contributed by atoms with Crippen molar-refractivity contribution in [3.8, 4) is 0 Å². The summed E-state index contributed by atoms with van der Waals surface area (Å²) in [4.78, 5) is 0. The normalized spacial score (nSPS) is 13.0. The standard InChI is InChI=1S/C6H17FO3Si2/c1-4-8-12(11-7,9-5-2)10-6-3/h4-6,11H2,1-3H3. The van der Waals surface area contributed by atoms with E-state index in [0.717, 1.165) is 0 Å². The maximum atomic E-state index is 12.7. The molecule has 0 amide bonds. The number of hydrogen-bond acceptors (Lipinski definition) is 3. The van der Waals surface area contributed by atoms with Gasteiger partial charge in [-0.05, 0) is 20.8 Å². The molecule has 0 heterocycles. The summed E-state index contributed by atoms with van der Waals surface area (Å²) >= 11 is 0. The van der Waals surface area contributed by atoms with E-state index in [1.165, 1.54) is 0 Å². The van der Waals surface area contributed by atoms with Crippen LogP contribution in [0.15, 0.2) is 0 Å². The molecule has 0 unspecified atom stereocenters. The Balaban J connectivity index is 4.06. The van der Waals surface area contributed by atoms with E-state index in [9.17, 15) is 4.11 Å². The average Bonchev–Trinajstić information content (AvgIpc) is 2.06. The molecule has 0 spiro atoms. The number of halogens is 1. The second-order valence-corrected chi connectivity index (χ2v) is 8.01. The average molecular weight is 212 g/mol. The van der Waals surface area contributed by atoms with Crippen LogP contribution in [0.2, 0.25) is 0 Å². The zero-order valence-electron chi connectivity index (χ0n) is 7.93. The Morgan fingerprint density at radius 1 is 1.00 bits per heavy atom.